The number of carbonyl (C=O) groups excluding carboxylic acids is 3. The van der Waals surface area contributed by atoms with Crippen LogP contribution in [-0.4, -0.2) is 58.7 Å². The van der Waals surface area contributed by atoms with Crippen LogP contribution in [0, 0.1) is 23.7 Å². The third kappa shape index (κ3) is 1.95. The quantitative estimate of drug-likeness (QED) is 0.546. The molecule has 2 aliphatic heterocycles. The Morgan fingerprint density at radius 3 is 2.24 bits per heavy atom. The molecule has 0 aromatic carbocycles. The molecule has 0 unspecified atom stereocenters. The second kappa shape index (κ2) is 4.87. The minimum absolute atomic E-state index is 0.0607. The van der Waals surface area contributed by atoms with E-state index in [0.717, 1.165) is 31.0 Å². The van der Waals surface area contributed by atoms with Gasteiger partial charge in [0.1, 0.15) is 6.54 Å². The molecule has 3 fully saturated rings. The van der Waals surface area contributed by atoms with Crippen molar-refractivity contribution in [1.29, 1.82) is 0 Å². The predicted molar refractivity (Wildman–Crippen MR) is 78.3 cm³/mol. The Balaban J connectivity index is 1.48. The molecule has 0 radical (unpaired) electrons. The zero-order valence-corrected chi connectivity index (χ0v) is 12.6. The Bertz CT molecular complexity index is 511. The number of likely N-dealkylation sites (tertiary alicyclic amines) is 1. The highest BCUT2D eigenvalue weighted by molar-refractivity contribution is 7.99. The molecule has 2 aliphatic carbocycles. The Hall–Kier alpha value is -1.30. The van der Waals surface area contributed by atoms with Crippen LogP contribution in [0.2, 0.25) is 0 Å². The molecule has 0 aromatic rings. The van der Waals surface area contributed by atoms with E-state index in [0.29, 0.717) is 0 Å². The number of carbonyl (C=O) groups is 3. The standard InChI is InChI=1S/C15H18N2O3S/c18-11(16-3-5-21-6-4-16)8-17-14(19)12-9-1-2-10(7-9)13(12)15(17)20/h1-2,9-10,12-13H,3-8H2/t9-,10-,12-,13-/m0/s1. The van der Waals surface area contributed by atoms with Crippen LogP contribution in [-0.2, 0) is 14.4 Å². The van der Waals surface area contributed by atoms with E-state index in [2.05, 4.69) is 12.2 Å². The zero-order valence-electron chi connectivity index (χ0n) is 11.7. The van der Waals surface area contributed by atoms with Crippen LogP contribution in [0.4, 0.5) is 0 Å². The monoisotopic (exact) mass is 306 g/mol. The largest absolute Gasteiger partial charge is 0.339 e. The van der Waals surface area contributed by atoms with Gasteiger partial charge in [-0.05, 0) is 18.3 Å². The van der Waals surface area contributed by atoms with Gasteiger partial charge in [-0.1, -0.05) is 12.2 Å². The number of allylic oxidation sites excluding steroid dienone is 2. The van der Waals surface area contributed by atoms with Crippen molar-refractivity contribution in [2.45, 2.75) is 6.42 Å². The Morgan fingerprint density at radius 2 is 1.67 bits per heavy atom. The minimum atomic E-state index is -0.197. The van der Waals surface area contributed by atoms with Crippen molar-refractivity contribution >= 4 is 29.5 Å². The van der Waals surface area contributed by atoms with Crippen molar-refractivity contribution in [3.63, 3.8) is 0 Å². The van der Waals surface area contributed by atoms with Crippen LogP contribution < -0.4 is 0 Å². The number of amides is 3. The lowest BCUT2D eigenvalue weighted by Gasteiger charge is -2.28. The molecule has 4 atom stereocenters. The van der Waals surface area contributed by atoms with Crippen LogP contribution in [0.3, 0.4) is 0 Å². The fraction of sp³-hybridized carbons (Fsp3) is 0.667. The highest BCUT2D eigenvalue weighted by atomic mass is 32.2. The smallest absolute Gasteiger partial charge is 0.242 e. The molecule has 6 heteroatoms. The van der Waals surface area contributed by atoms with Crippen LogP contribution in [0.25, 0.3) is 0 Å². The number of hydrogen-bond donors (Lipinski definition) is 0. The summed E-state index contributed by atoms with van der Waals surface area (Å²) < 4.78 is 0. The first kappa shape index (κ1) is 13.4. The number of thioether (sulfide) groups is 1. The van der Waals surface area contributed by atoms with Gasteiger partial charge in [0.05, 0.1) is 11.8 Å². The van der Waals surface area contributed by atoms with Crippen molar-refractivity contribution < 1.29 is 14.4 Å². The summed E-state index contributed by atoms with van der Waals surface area (Å²) >= 11 is 1.83. The number of hydrogen-bond acceptors (Lipinski definition) is 4. The summed E-state index contributed by atoms with van der Waals surface area (Å²) in [5.41, 5.74) is 0. The lowest BCUT2D eigenvalue weighted by molar-refractivity contribution is -0.147. The van der Waals surface area contributed by atoms with E-state index in [1.54, 1.807) is 4.90 Å². The molecular formula is C15H18N2O3S. The van der Waals surface area contributed by atoms with Crippen molar-refractivity contribution in [3.8, 4) is 0 Å². The van der Waals surface area contributed by atoms with Crippen LogP contribution in [0.5, 0.6) is 0 Å². The summed E-state index contributed by atoms with van der Waals surface area (Å²) in [5.74, 6) is 1.57. The minimum Gasteiger partial charge on any atom is -0.339 e. The van der Waals surface area contributed by atoms with Gasteiger partial charge in [-0.2, -0.15) is 11.8 Å². The molecule has 2 heterocycles. The number of nitrogens with zero attached hydrogens (tertiary/aromatic N) is 2. The average molecular weight is 306 g/mol. The van der Waals surface area contributed by atoms with Crippen molar-refractivity contribution in [3.05, 3.63) is 12.2 Å². The van der Waals surface area contributed by atoms with Gasteiger partial charge in [0.2, 0.25) is 17.7 Å². The lowest BCUT2D eigenvalue weighted by atomic mass is 9.85. The molecule has 4 rings (SSSR count). The molecule has 5 nitrogen and oxygen atoms in total. The zero-order chi connectivity index (χ0) is 14.6. The van der Waals surface area contributed by atoms with E-state index >= 15 is 0 Å². The number of fused-ring (bicyclic) bond motifs is 5. The third-order valence-electron chi connectivity index (χ3n) is 5.22. The van der Waals surface area contributed by atoms with Gasteiger partial charge in [-0.3, -0.25) is 19.3 Å². The summed E-state index contributed by atoms with van der Waals surface area (Å²) in [6, 6.07) is 0. The second-order valence-corrected chi connectivity index (χ2v) is 7.48. The molecule has 0 N–H and O–H groups in total. The van der Waals surface area contributed by atoms with Gasteiger partial charge in [0.25, 0.3) is 0 Å². The van der Waals surface area contributed by atoms with E-state index in [-0.39, 0.29) is 47.9 Å². The molecule has 2 saturated heterocycles. The fourth-order valence-electron chi connectivity index (χ4n) is 4.17. The van der Waals surface area contributed by atoms with E-state index < -0.39 is 0 Å². The molecule has 1 saturated carbocycles. The number of imide groups is 1. The number of rotatable bonds is 2. The normalized spacial score (nSPS) is 37.5. The first-order valence-electron chi connectivity index (χ1n) is 7.56. The Kier molecular flexibility index (Phi) is 3.10. The predicted octanol–water partition coefficient (Wildman–Crippen LogP) is 0.369. The van der Waals surface area contributed by atoms with Crippen LogP contribution in [0.15, 0.2) is 12.2 Å². The SMILES string of the molecule is O=C(CN1C(=O)[C@@H]2[C@@H](C1=O)[C@H]1C=C[C@H]2C1)N1CCSCC1. The molecule has 0 spiro atoms. The summed E-state index contributed by atoms with van der Waals surface area (Å²) in [7, 11) is 0. The van der Waals surface area contributed by atoms with Gasteiger partial charge in [-0.25, -0.2) is 0 Å². The topological polar surface area (TPSA) is 57.7 Å². The third-order valence-corrected chi connectivity index (χ3v) is 6.16. The fourth-order valence-corrected chi connectivity index (χ4v) is 5.07. The maximum absolute atomic E-state index is 12.5. The molecular weight excluding hydrogens is 288 g/mol. The van der Waals surface area contributed by atoms with Gasteiger partial charge >= 0.3 is 0 Å². The van der Waals surface area contributed by atoms with Gasteiger partial charge in [-0.15, -0.1) is 0 Å². The van der Waals surface area contributed by atoms with Crippen LogP contribution in [0.1, 0.15) is 6.42 Å². The van der Waals surface area contributed by atoms with E-state index in [4.69, 9.17) is 0 Å². The highest BCUT2D eigenvalue weighted by Gasteiger charge is 2.59. The average Bonchev–Trinajstić information content (AvgIpc) is 3.18. The van der Waals surface area contributed by atoms with Crippen molar-refractivity contribution in [2.24, 2.45) is 23.7 Å². The summed E-state index contributed by atoms with van der Waals surface area (Å²) in [6.07, 6.45) is 5.08. The van der Waals surface area contributed by atoms with Crippen molar-refractivity contribution in [2.75, 3.05) is 31.1 Å². The van der Waals surface area contributed by atoms with Gasteiger partial charge in [0.15, 0.2) is 0 Å². The molecule has 3 amide bonds. The molecule has 2 bridgehead atoms. The molecule has 21 heavy (non-hydrogen) atoms. The first-order chi connectivity index (χ1) is 10.2. The first-order valence-corrected chi connectivity index (χ1v) is 8.71. The summed E-state index contributed by atoms with van der Waals surface area (Å²) in [6.45, 7) is 1.38. The van der Waals surface area contributed by atoms with Crippen molar-refractivity contribution in [1.82, 2.24) is 9.80 Å². The maximum Gasteiger partial charge on any atom is 0.242 e. The second-order valence-electron chi connectivity index (χ2n) is 6.26. The maximum atomic E-state index is 12.5. The van der Waals surface area contributed by atoms with Crippen LogP contribution >= 0.6 is 11.8 Å². The summed E-state index contributed by atoms with van der Waals surface area (Å²) in [4.78, 5) is 40.3. The Morgan fingerprint density at radius 1 is 1.10 bits per heavy atom. The van der Waals surface area contributed by atoms with E-state index in [9.17, 15) is 14.4 Å². The van der Waals surface area contributed by atoms with E-state index in [1.165, 1.54) is 4.90 Å². The van der Waals surface area contributed by atoms with Gasteiger partial charge in [0, 0.05) is 24.6 Å². The molecule has 4 aliphatic rings. The van der Waals surface area contributed by atoms with E-state index in [1.807, 2.05) is 11.8 Å². The Labute approximate surface area is 127 Å². The molecule has 0 aromatic heterocycles. The molecule has 112 valence electrons. The lowest BCUT2D eigenvalue weighted by Crippen LogP contribution is -2.46. The highest BCUT2D eigenvalue weighted by Crippen LogP contribution is 2.52. The summed E-state index contributed by atoms with van der Waals surface area (Å²) in [5, 5.41) is 0. The van der Waals surface area contributed by atoms with Gasteiger partial charge < -0.3 is 4.90 Å².